The van der Waals surface area contributed by atoms with Crippen molar-refractivity contribution in [3.05, 3.63) is 83.2 Å². The van der Waals surface area contributed by atoms with E-state index < -0.39 is 0 Å². The first-order valence-electron chi connectivity index (χ1n) is 11.3. The van der Waals surface area contributed by atoms with Crippen molar-refractivity contribution >= 4 is 17.6 Å². The van der Waals surface area contributed by atoms with Gasteiger partial charge in [0.25, 0.3) is 0 Å². The van der Waals surface area contributed by atoms with Crippen LogP contribution in [0.3, 0.4) is 0 Å². The van der Waals surface area contributed by atoms with Gasteiger partial charge in [0.15, 0.2) is 0 Å². The lowest BCUT2D eigenvalue weighted by Crippen LogP contribution is -2.48. The molecule has 3 nitrogen and oxygen atoms in total. The van der Waals surface area contributed by atoms with Crippen molar-refractivity contribution in [3.63, 3.8) is 0 Å². The molecule has 166 valence electrons. The van der Waals surface area contributed by atoms with Gasteiger partial charge in [-0.2, -0.15) is 0 Å². The van der Waals surface area contributed by atoms with Crippen LogP contribution in [0.4, 0.5) is 15.8 Å². The highest BCUT2D eigenvalue weighted by atomic mass is 19.1. The number of ether oxygens (including phenoxy) is 1. The molecule has 4 rings (SSSR count). The largest absolute Gasteiger partial charge is 0.457 e. The summed E-state index contributed by atoms with van der Waals surface area (Å²) in [6.07, 6.45) is 2.66. The second-order valence-corrected chi connectivity index (χ2v) is 9.26. The number of fused-ring (bicyclic) bond motifs is 1. The topological polar surface area (TPSA) is 24.8 Å². The van der Waals surface area contributed by atoms with E-state index in [9.17, 15) is 4.39 Å². The van der Waals surface area contributed by atoms with Crippen molar-refractivity contribution in [2.45, 2.75) is 52.5 Å². The average molecular weight is 431 g/mol. The molecule has 1 heterocycles. The second-order valence-electron chi connectivity index (χ2n) is 9.26. The van der Waals surface area contributed by atoms with Gasteiger partial charge in [-0.15, -0.1) is 0 Å². The predicted molar refractivity (Wildman–Crippen MR) is 131 cm³/mol. The summed E-state index contributed by atoms with van der Waals surface area (Å²) in [6.45, 7) is 11.7. The maximum absolute atomic E-state index is 15.0. The maximum Gasteiger partial charge on any atom is 0.134 e. The van der Waals surface area contributed by atoms with Gasteiger partial charge in [0.05, 0.1) is 5.69 Å². The van der Waals surface area contributed by atoms with Gasteiger partial charge in [0.2, 0.25) is 0 Å². The van der Waals surface area contributed by atoms with Gasteiger partial charge in [-0.1, -0.05) is 24.6 Å². The number of rotatable bonds is 5. The smallest absolute Gasteiger partial charge is 0.134 e. The minimum absolute atomic E-state index is 0.0195. The molecule has 0 amide bonds. The third kappa shape index (κ3) is 4.55. The van der Waals surface area contributed by atoms with Gasteiger partial charge < -0.3 is 9.64 Å². The molecule has 1 aliphatic heterocycles. The Labute approximate surface area is 190 Å². The van der Waals surface area contributed by atoms with Gasteiger partial charge in [-0.3, -0.25) is 4.99 Å². The summed E-state index contributed by atoms with van der Waals surface area (Å²) < 4.78 is 20.8. The van der Waals surface area contributed by atoms with Gasteiger partial charge in [0, 0.05) is 29.5 Å². The Balaban J connectivity index is 1.53. The first-order chi connectivity index (χ1) is 15.3. The molecule has 0 aliphatic carbocycles. The molecular weight excluding hydrogens is 399 g/mol. The standard InChI is InChI=1S/C28H31FN2O/c1-6-31-27-16-26(29)21(15-25(27)20(3)17-28(31,4)5)18-30-22-9-13-24(14-10-22)32-23-11-7-19(2)8-12-23/h7-16,18,20H,6,17H2,1-5H3. The highest BCUT2D eigenvalue weighted by molar-refractivity contribution is 5.84. The number of anilines is 1. The third-order valence-corrected chi connectivity index (χ3v) is 6.27. The van der Waals surface area contributed by atoms with Crippen LogP contribution in [0.5, 0.6) is 11.5 Å². The van der Waals surface area contributed by atoms with Crippen LogP contribution in [-0.2, 0) is 0 Å². The van der Waals surface area contributed by atoms with Crippen molar-refractivity contribution in [1.82, 2.24) is 0 Å². The number of benzene rings is 3. The zero-order valence-electron chi connectivity index (χ0n) is 19.5. The molecule has 0 bridgehead atoms. The Kier molecular flexibility index (Phi) is 6.05. The van der Waals surface area contributed by atoms with E-state index in [4.69, 9.17) is 4.74 Å². The van der Waals surface area contributed by atoms with Crippen molar-refractivity contribution < 1.29 is 9.13 Å². The zero-order valence-corrected chi connectivity index (χ0v) is 19.5. The van der Waals surface area contributed by atoms with Gasteiger partial charge in [-0.25, -0.2) is 4.39 Å². The van der Waals surface area contributed by atoms with E-state index in [1.807, 2.05) is 61.5 Å². The fourth-order valence-corrected chi connectivity index (χ4v) is 4.71. The van der Waals surface area contributed by atoms with E-state index in [1.54, 1.807) is 12.3 Å². The van der Waals surface area contributed by atoms with E-state index in [-0.39, 0.29) is 11.4 Å². The molecule has 3 aromatic carbocycles. The number of halogens is 1. The van der Waals surface area contributed by atoms with Crippen LogP contribution in [0.1, 0.15) is 56.7 Å². The molecule has 0 aromatic heterocycles. The summed E-state index contributed by atoms with van der Waals surface area (Å²) in [4.78, 5) is 6.81. The van der Waals surface area contributed by atoms with Gasteiger partial charge >= 0.3 is 0 Å². The number of hydrogen-bond acceptors (Lipinski definition) is 3. The van der Waals surface area contributed by atoms with E-state index in [1.165, 1.54) is 11.1 Å². The van der Waals surface area contributed by atoms with E-state index in [0.717, 1.165) is 35.8 Å². The summed E-state index contributed by atoms with van der Waals surface area (Å²) in [7, 11) is 0. The van der Waals surface area contributed by atoms with Crippen LogP contribution in [0.25, 0.3) is 0 Å². The summed E-state index contributed by atoms with van der Waals surface area (Å²) in [6, 6.07) is 19.1. The Morgan fingerprint density at radius 2 is 1.69 bits per heavy atom. The van der Waals surface area contributed by atoms with Crippen LogP contribution >= 0.6 is 0 Å². The lowest BCUT2D eigenvalue weighted by Gasteiger charge is -2.47. The molecule has 32 heavy (non-hydrogen) atoms. The molecule has 0 spiro atoms. The molecule has 0 fully saturated rings. The number of nitrogens with zero attached hydrogens (tertiary/aromatic N) is 2. The van der Waals surface area contributed by atoms with Crippen molar-refractivity contribution in [2.75, 3.05) is 11.4 Å². The normalized spacial score (nSPS) is 17.4. The summed E-state index contributed by atoms with van der Waals surface area (Å²) in [5.74, 6) is 1.66. The lowest BCUT2D eigenvalue weighted by molar-refractivity contribution is 0.380. The molecule has 1 unspecified atom stereocenters. The minimum Gasteiger partial charge on any atom is -0.457 e. The maximum atomic E-state index is 15.0. The Morgan fingerprint density at radius 3 is 2.31 bits per heavy atom. The van der Waals surface area contributed by atoms with E-state index in [2.05, 4.69) is 37.6 Å². The van der Waals surface area contributed by atoms with E-state index in [0.29, 0.717) is 11.5 Å². The predicted octanol–water partition coefficient (Wildman–Crippen LogP) is 7.79. The number of aliphatic imine (C=N–C) groups is 1. The first kappa shape index (κ1) is 22.1. The SMILES string of the molecule is CCN1c2cc(F)c(C=Nc3ccc(Oc4ccc(C)cc4)cc3)cc2C(C)CC1(C)C. The van der Waals surface area contributed by atoms with Crippen molar-refractivity contribution in [2.24, 2.45) is 4.99 Å². The Bertz CT molecular complexity index is 1120. The van der Waals surface area contributed by atoms with Crippen LogP contribution in [-0.4, -0.2) is 18.3 Å². The summed E-state index contributed by atoms with van der Waals surface area (Å²) in [5, 5.41) is 0. The van der Waals surface area contributed by atoms with E-state index >= 15 is 0 Å². The lowest BCUT2D eigenvalue weighted by atomic mass is 9.79. The van der Waals surface area contributed by atoms with Gasteiger partial charge in [-0.05, 0) is 94.1 Å². The zero-order chi connectivity index (χ0) is 22.9. The average Bonchev–Trinajstić information content (AvgIpc) is 2.75. The molecule has 0 radical (unpaired) electrons. The molecule has 0 saturated heterocycles. The van der Waals surface area contributed by atoms with Crippen LogP contribution < -0.4 is 9.64 Å². The highest BCUT2D eigenvalue weighted by Crippen LogP contribution is 2.43. The first-order valence-corrected chi connectivity index (χ1v) is 11.3. The molecule has 0 saturated carbocycles. The molecule has 4 heteroatoms. The summed E-state index contributed by atoms with van der Waals surface area (Å²) >= 11 is 0. The summed E-state index contributed by atoms with van der Waals surface area (Å²) in [5.41, 5.74) is 4.68. The fourth-order valence-electron chi connectivity index (χ4n) is 4.71. The fraction of sp³-hybridized carbons (Fsp3) is 0.321. The highest BCUT2D eigenvalue weighted by Gasteiger charge is 2.36. The molecular formula is C28H31FN2O. The Morgan fingerprint density at radius 1 is 1.06 bits per heavy atom. The van der Waals surface area contributed by atoms with Crippen LogP contribution in [0.2, 0.25) is 0 Å². The van der Waals surface area contributed by atoms with Crippen molar-refractivity contribution in [1.29, 1.82) is 0 Å². The third-order valence-electron chi connectivity index (χ3n) is 6.27. The molecule has 3 aromatic rings. The van der Waals surface area contributed by atoms with Crippen molar-refractivity contribution in [3.8, 4) is 11.5 Å². The molecule has 1 atom stereocenters. The number of hydrogen-bond donors (Lipinski definition) is 0. The van der Waals surface area contributed by atoms with Gasteiger partial charge in [0.1, 0.15) is 17.3 Å². The second kappa shape index (κ2) is 8.78. The monoisotopic (exact) mass is 430 g/mol. The molecule has 1 aliphatic rings. The molecule has 0 N–H and O–H groups in total. The quantitative estimate of drug-likeness (QED) is 0.386. The van der Waals surface area contributed by atoms with Crippen LogP contribution in [0.15, 0.2) is 65.7 Å². The van der Waals surface area contributed by atoms with Crippen LogP contribution in [0, 0.1) is 12.7 Å². The number of aryl methyl sites for hydroxylation is 1. The minimum atomic E-state index is -0.241. The Hall–Kier alpha value is -3.14.